The van der Waals surface area contributed by atoms with Gasteiger partial charge in [0.15, 0.2) is 6.61 Å². The van der Waals surface area contributed by atoms with Crippen molar-refractivity contribution in [3.63, 3.8) is 0 Å². The number of carbonyl (C=O) groups excluding carboxylic acids is 2. The monoisotopic (exact) mass is 363 g/mol. The molecule has 1 fully saturated rings. The standard InChI is InChI=1S/C19H16F3NO3/c20-19(21,22)14-8-4-5-9-15(14)23-16(24)12-26-17(25)18(10-11-18)13-6-2-1-3-7-13/h1-9H,10-12H2,(H,23,24). The van der Waals surface area contributed by atoms with E-state index < -0.39 is 35.6 Å². The van der Waals surface area contributed by atoms with E-state index in [4.69, 9.17) is 4.74 Å². The smallest absolute Gasteiger partial charge is 0.418 e. The van der Waals surface area contributed by atoms with Crippen LogP contribution in [0.5, 0.6) is 0 Å². The van der Waals surface area contributed by atoms with E-state index in [1.165, 1.54) is 12.1 Å². The minimum absolute atomic E-state index is 0.370. The second-order valence-electron chi connectivity index (χ2n) is 6.12. The molecular formula is C19H16F3NO3. The number of ether oxygens (including phenoxy) is 1. The molecule has 0 bridgehead atoms. The van der Waals surface area contributed by atoms with E-state index in [1.54, 1.807) is 0 Å². The third kappa shape index (κ3) is 3.71. The molecule has 136 valence electrons. The molecule has 3 rings (SSSR count). The SMILES string of the molecule is O=C(COC(=O)C1(c2ccccc2)CC1)Nc1ccccc1C(F)(F)F. The Morgan fingerprint density at radius 2 is 1.62 bits per heavy atom. The molecule has 1 aliphatic carbocycles. The van der Waals surface area contributed by atoms with Crippen LogP contribution in [0.1, 0.15) is 24.0 Å². The number of hydrogen-bond acceptors (Lipinski definition) is 3. The highest BCUT2D eigenvalue weighted by atomic mass is 19.4. The van der Waals surface area contributed by atoms with Gasteiger partial charge < -0.3 is 10.1 Å². The maximum Gasteiger partial charge on any atom is 0.418 e. The largest absolute Gasteiger partial charge is 0.455 e. The summed E-state index contributed by atoms with van der Waals surface area (Å²) in [5, 5.41) is 2.15. The fourth-order valence-corrected chi connectivity index (χ4v) is 2.79. The molecule has 0 aliphatic heterocycles. The molecule has 0 radical (unpaired) electrons. The zero-order valence-electron chi connectivity index (χ0n) is 13.7. The van der Waals surface area contributed by atoms with E-state index in [0.717, 1.165) is 17.7 Å². The Bertz CT molecular complexity index is 814. The number of carbonyl (C=O) groups is 2. The van der Waals surface area contributed by atoms with Gasteiger partial charge in [-0.15, -0.1) is 0 Å². The first-order chi connectivity index (χ1) is 12.3. The molecule has 2 aromatic rings. The van der Waals surface area contributed by atoms with E-state index in [9.17, 15) is 22.8 Å². The number of benzene rings is 2. The summed E-state index contributed by atoms with van der Waals surface area (Å²) in [6.07, 6.45) is -3.35. The van der Waals surface area contributed by atoms with Gasteiger partial charge in [-0.3, -0.25) is 9.59 Å². The predicted octanol–water partition coefficient (Wildman–Crippen LogP) is 3.92. The molecule has 4 nitrogen and oxygen atoms in total. The lowest BCUT2D eigenvalue weighted by atomic mass is 9.96. The highest BCUT2D eigenvalue weighted by molar-refractivity contribution is 5.95. The lowest BCUT2D eigenvalue weighted by molar-refractivity contribution is -0.150. The third-order valence-corrected chi connectivity index (χ3v) is 4.31. The van der Waals surface area contributed by atoms with Gasteiger partial charge in [-0.2, -0.15) is 13.2 Å². The summed E-state index contributed by atoms with van der Waals surface area (Å²) in [4.78, 5) is 24.3. The number of halogens is 3. The summed E-state index contributed by atoms with van der Waals surface area (Å²) in [5.74, 6) is -1.36. The van der Waals surface area contributed by atoms with Gasteiger partial charge >= 0.3 is 12.1 Å². The van der Waals surface area contributed by atoms with E-state index >= 15 is 0 Å². The van der Waals surface area contributed by atoms with Gasteiger partial charge in [0.1, 0.15) is 0 Å². The number of para-hydroxylation sites is 1. The van der Waals surface area contributed by atoms with Crippen molar-refractivity contribution < 1.29 is 27.5 Å². The van der Waals surface area contributed by atoms with Gasteiger partial charge in [-0.25, -0.2) is 0 Å². The number of amides is 1. The normalized spacial score (nSPS) is 15.2. The Morgan fingerprint density at radius 1 is 1.00 bits per heavy atom. The first kappa shape index (κ1) is 18.0. The maximum atomic E-state index is 12.9. The third-order valence-electron chi connectivity index (χ3n) is 4.31. The first-order valence-electron chi connectivity index (χ1n) is 8.02. The Kier molecular flexibility index (Phi) is 4.71. The highest BCUT2D eigenvalue weighted by Crippen LogP contribution is 2.49. The van der Waals surface area contributed by atoms with Crippen LogP contribution in [-0.2, 0) is 25.9 Å². The molecule has 0 heterocycles. The quantitative estimate of drug-likeness (QED) is 0.820. The summed E-state index contributed by atoms with van der Waals surface area (Å²) in [7, 11) is 0. The lowest BCUT2D eigenvalue weighted by Gasteiger charge is -2.16. The van der Waals surface area contributed by atoms with Crippen LogP contribution in [0, 0.1) is 0 Å². The average molecular weight is 363 g/mol. The molecule has 1 saturated carbocycles. The molecule has 0 spiro atoms. The van der Waals surface area contributed by atoms with Gasteiger partial charge in [0.2, 0.25) is 0 Å². The topological polar surface area (TPSA) is 55.4 Å². The molecule has 0 aromatic heterocycles. The van der Waals surface area contributed by atoms with Crippen LogP contribution in [0.2, 0.25) is 0 Å². The summed E-state index contributed by atoms with van der Waals surface area (Å²) in [5.41, 5.74) is -1.26. The number of rotatable bonds is 5. The van der Waals surface area contributed by atoms with Gasteiger partial charge in [-0.05, 0) is 30.5 Å². The van der Waals surface area contributed by atoms with E-state index in [-0.39, 0.29) is 5.69 Å². The lowest BCUT2D eigenvalue weighted by Crippen LogP contribution is -2.28. The van der Waals surface area contributed by atoms with Crippen molar-refractivity contribution in [2.24, 2.45) is 0 Å². The average Bonchev–Trinajstić information content (AvgIpc) is 3.42. The van der Waals surface area contributed by atoms with Crippen LogP contribution in [0.3, 0.4) is 0 Å². The molecule has 7 heteroatoms. The first-order valence-corrected chi connectivity index (χ1v) is 8.02. The molecule has 0 unspecified atom stereocenters. The predicted molar refractivity (Wildman–Crippen MR) is 88.4 cm³/mol. The van der Waals surface area contributed by atoms with Crippen molar-refractivity contribution in [3.8, 4) is 0 Å². The minimum atomic E-state index is -4.59. The Hall–Kier alpha value is -2.83. The van der Waals surface area contributed by atoms with Crippen LogP contribution in [0.4, 0.5) is 18.9 Å². The van der Waals surface area contributed by atoms with Crippen molar-refractivity contribution in [3.05, 3.63) is 65.7 Å². The number of alkyl halides is 3. The second-order valence-corrected chi connectivity index (χ2v) is 6.12. The summed E-state index contributed by atoms with van der Waals surface area (Å²) in [6.45, 7) is -0.639. The molecule has 0 atom stereocenters. The molecule has 26 heavy (non-hydrogen) atoms. The van der Waals surface area contributed by atoms with Crippen molar-refractivity contribution in [1.29, 1.82) is 0 Å². The molecular weight excluding hydrogens is 347 g/mol. The fraction of sp³-hybridized carbons (Fsp3) is 0.263. The molecule has 2 aromatic carbocycles. The van der Waals surface area contributed by atoms with Crippen LogP contribution < -0.4 is 5.32 Å². The summed E-state index contributed by atoms with van der Waals surface area (Å²) in [6, 6.07) is 13.7. The van der Waals surface area contributed by atoms with Crippen LogP contribution in [0.25, 0.3) is 0 Å². The fourth-order valence-electron chi connectivity index (χ4n) is 2.79. The molecule has 0 saturated heterocycles. The summed E-state index contributed by atoms with van der Waals surface area (Å²) < 4.78 is 43.8. The van der Waals surface area contributed by atoms with Gasteiger partial charge in [0.25, 0.3) is 5.91 Å². The van der Waals surface area contributed by atoms with Gasteiger partial charge in [0.05, 0.1) is 16.7 Å². The van der Waals surface area contributed by atoms with E-state index in [2.05, 4.69) is 5.32 Å². The Balaban J connectivity index is 1.61. The van der Waals surface area contributed by atoms with Crippen molar-refractivity contribution in [2.45, 2.75) is 24.4 Å². The number of anilines is 1. The number of esters is 1. The van der Waals surface area contributed by atoms with Gasteiger partial charge in [-0.1, -0.05) is 42.5 Å². The zero-order chi connectivity index (χ0) is 18.8. The van der Waals surface area contributed by atoms with Crippen molar-refractivity contribution in [1.82, 2.24) is 0 Å². The second kappa shape index (κ2) is 6.82. The summed E-state index contributed by atoms with van der Waals surface area (Å²) >= 11 is 0. The van der Waals surface area contributed by atoms with E-state index in [1.807, 2.05) is 30.3 Å². The zero-order valence-corrected chi connectivity index (χ0v) is 13.7. The molecule has 1 N–H and O–H groups in total. The molecule has 1 aliphatic rings. The number of nitrogens with one attached hydrogen (secondary N) is 1. The maximum absolute atomic E-state index is 12.9. The van der Waals surface area contributed by atoms with Gasteiger partial charge in [0, 0.05) is 0 Å². The van der Waals surface area contributed by atoms with Crippen molar-refractivity contribution in [2.75, 3.05) is 11.9 Å². The van der Waals surface area contributed by atoms with E-state index in [0.29, 0.717) is 12.8 Å². The van der Waals surface area contributed by atoms with Crippen LogP contribution in [0.15, 0.2) is 54.6 Å². The molecule has 1 amide bonds. The van der Waals surface area contributed by atoms with Crippen LogP contribution >= 0.6 is 0 Å². The van der Waals surface area contributed by atoms with Crippen LogP contribution in [-0.4, -0.2) is 18.5 Å². The number of hydrogen-bond donors (Lipinski definition) is 1. The van der Waals surface area contributed by atoms with Crippen molar-refractivity contribution >= 4 is 17.6 Å². The minimum Gasteiger partial charge on any atom is -0.455 e. The Morgan fingerprint density at radius 3 is 2.23 bits per heavy atom. The Labute approximate surface area is 148 Å². The highest BCUT2D eigenvalue weighted by Gasteiger charge is 2.52.